The highest BCUT2D eigenvalue weighted by atomic mass is 19.1. The summed E-state index contributed by atoms with van der Waals surface area (Å²) in [6, 6.07) is 0. The largest absolute Gasteiger partial charge is 0.466 e. The Morgan fingerprint density at radius 2 is 1.64 bits per heavy atom. The molecule has 0 amide bonds. The number of fused-ring (bicyclic) bond motifs is 1. The molecule has 2 unspecified atom stereocenters. The van der Waals surface area contributed by atoms with Crippen molar-refractivity contribution in [2.45, 2.75) is 128 Å². The molecular weight excluding hydrogens is 541 g/mol. The quantitative estimate of drug-likeness (QED) is 0.0834. The number of imidazole rings is 1. The molecule has 42 heavy (non-hydrogen) atoms. The van der Waals surface area contributed by atoms with Gasteiger partial charge >= 0.3 is 18.0 Å². The summed E-state index contributed by atoms with van der Waals surface area (Å²) in [5, 5.41) is 0. The summed E-state index contributed by atoms with van der Waals surface area (Å²) >= 11 is 0. The maximum absolute atomic E-state index is 13.7. The number of nitrogens with zero attached hydrogens (tertiary/aromatic N) is 4. The van der Waals surface area contributed by atoms with Crippen molar-refractivity contribution in [1.82, 2.24) is 19.5 Å². The first-order chi connectivity index (χ1) is 20.4. The number of terminal acetylenes is 1. The minimum atomic E-state index is -1.14. The van der Waals surface area contributed by atoms with E-state index in [1.807, 2.05) is 0 Å². The molecule has 0 aliphatic carbocycles. The van der Waals surface area contributed by atoms with Gasteiger partial charge in [0, 0.05) is 12.8 Å². The lowest BCUT2D eigenvalue weighted by molar-refractivity contribution is -0.152. The maximum Gasteiger partial charge on any atom is 0.312 e. The van der Waals surface area contributed by atoms with Crippen LogP contribution >= 0.6 is 0 Å². The first-order valence-corrected chi connectivity index (χ1v) is 15.5. The average Bonchev–Trinajstić information content (AvgIpc) is 3.59. The molecule has 232 valence electrons. The number of nitrogens with two attached hydrogens (primary N) is 1. The summed E-state index contributed by atoms with van der Waals surface area (Å²) in [6.07, 6.45) is 22.1. The van der Waals surface area contributed by atoms with E-state index in [1.54, 1.807) is 4.57 Å². The third-order valence-corrected chi connectivity index (χ3v) is 7.64. The molecule has 1 saturated heterocycles. The summed E-state index contributed by atoms with van der Waals surface area (Å²) in [5.74, 6) is 1.74. The Labute approximate surface area is 248 Å². The number of halogens is 1. The van der Waals surface area contributed by atoms with Gasteiger partial charge in [-0.25, -0.2) is 4.98 Å². The minimum absolute atomic E-state index is 0.0689. The number of carbonyl (C=O) groups excluding carboxylic acids is 2. The summed E-state index contributed by atoms with van der Waals surface area (Å²) < 4.78 is 32.0. The topological polar surface area (TPSA) is 131 Å². The van der Waals surface area contributed by atoms with Crippen LogP contribution < -0.4 is 5.73 Å². The lowest BCUT2D eigenvalue weighted by Gasteiger charge is -2.23. The molecule has 0 bridgehead atoms. The molecule has 2 aromatic rings. The number of hydrogen-bond acceptors (Lipinski definition) is 9. The van der Waals surface area contributed by atoms with Crippen molar-refractivity contribution in [3.8, 4) is 12.3 Å². The minimum Gasteiger partial charge on any atom is -0.466 e. The van der Waals surface area contributed by atoms with E-state index in [4.69, 9.17) is 26.4 Å². The third kappa shape index (κ3) is 10.5. The highest BCUT2D eigenvalue weighted by Crippen LogP contribution is 2.38. The molecule has 3 heterocycles. The predicted molar refractivity (Wildman–Crippen MR) is 157 cm³/mol. The summed E-state index contributed by atoms with van der Waals surface area (Å²) in [5.41, 5.74) is 5.05. The zero-order chi connectivity index (χ0) is 30.2. The van der Waals surface area contributed by atoms with Crippen molar-refractivity contribution in [3.05, 3.63) is 12.4 Å². The van der Waals surface area contributed by atoms with Crippen molar-refractivity contribution in [2.24, 2.45) is 0 Å². The molecule has 11 heteroatoms. The fourth-order valence-electron chi connectivity index (χ4n) is 5.15. The van der Waals surface area contributed by atoms with Crippen molar-refractivity contribution in [1.29, 1.82) is 0 Å². The monoisotopic (exact) mass is 587 g/mol. The number of hydrogen-bond donors (Lipinski definition) is 1. The van der Waals surface area contributed by atoms with Crippen LogP contribution in [0.4, 0.5) is 10.2 Å². The molecule has 1 fully saturated rings. The number of rotatable bonds is 20. The van der Waals surface area contributed by atoms with Gasteiger partial charge in [-0.15, -0.1) is 6.42 Å². The Morgan fingerprint density at radius 3 is 2.29 bits per heavy atom. The third-order valence-electron chi connectivity index (χ3n) is 7.64. The second kappa shape index (κ2) is 17.6. The molecule has 0 spiro atoms. The molecule has 0 aromatic carbocycles. The second-order valence-corrected chi connectivity index (χ2v) is 11.1. The predicted octanol–water partition coefficient (Wildman–Crippen LogP) is 6.19. The zero-order valence-corrected chi connectivity index (χ0v) is 25.0. The van der Waals surface area contributed by atoms with E-state index >= 15 is 0 Å². The molecule has 1 aliphatic heterocycles. The van der Waals surface area contributed by atoms with Gasteiger partial charge in [-0.05, 0) is 25.7 Å². The number of ether oxygens (including phenoxy) is 3. The standard InChI is InChI=1S/C31H46FN5O5/c1-3-5-6-7-8-9-10-11-12-13-14-15-21-40-25(38)17-16-18-26(39)41-22-31(4-2)20-19-24(42-31)37-23-34-27-28(33)35-30(32)36-29(27)37/h2,23-24H,3,5-22H2,1H3,(H2,33,35,36). The van der Waals surface area contributed by atoms with Gasteiger partial charge in [0.25, 0.3) is 0 Å². The van der Waals surface area contributed by atoms with Gasteiger partial charge in [0.1, 0.15) is 12.8 Å². The van der Waals surface area contributed by atoms with E-state index in [9.17, 15) is 14.0 Å². The highest BCUT2D eigenvalue weighted by Gasteiger charge is 2.41. The lowest BCUT2D eigenvalue weighted by atomic mass is 10.0. The molecule has 0 saturated carbocycles. The van der Waals surface area contributed by atoms with E-state index in [2.05, 4.69) is 27.8 Å². The summed E-state index contributed by atoms with van der Waals surface area (Å²) in [4.78, 5) is 35.7. The highest BCUT2D eigenvalue weighted by molar-refractivity contribution is 5.81. The van der Waals surface area contributed by atoms with Crippen LogP contribution in [0, 0.1) is 18.4 Å². The lowest BCUT2D eigenvalue weighted by Crippen LogP contribution is -2.34. The van der Waals surface area contributed by atoms with E-state index < -0.39 is 23.9 Å². The van der Waals surface area contributed by atoms with Gasteiger partial charge in [0.2, 0.25) is 0 Å². The average molecular weight is 588 g/mol. The normalized spacial score (nSPS) is 18.3. The van der Waals surface area contributed by atoms with Gasteiger partial charge in [-0.2, -0.15) is 14.4 Å². The Bertz CT molecular complexity index is 1180. The van der Waals surface area contributed by atoms with Gasteiger partial charge < -0.3 is 19.9 Å². The Balaban J connectivity index is 1.23. The van der Waals surface area contributed by atoms with Crippen molar-refractivity contribution in [3.63, 3.8) is 0 Å². The summed E-state index contributed by atoms with van der Waals surface area (Å²) in [6.45, 7) is 2.52. The zero-order valence-electron chi connectivity index (χ0n) is 25.0. The van der Waals surface area contributed by atoms with Crippen molar-refractivity contribution >= 4 is 28.9 Å². The van der Waals surface area contributed by atoms with E-state index in [0.717, 1.165) is 12.8 Å². The van der Waals surface area contributed by atoms with Crippen molar-refractivity contribution in [2.75, 3.05) is 18.9 Å². The molecule has 0 radical (unpaired) electrons. The van der Waals surface area contributed by atoms with Gasteiger partial charge in [0.15, 0.2) is 22.6 Å². The number of carbonyl (C=O) groups is 2. The SMILES string of the molecule is C#CC1(COC(=O)CCCC(=O)OCCCCCCCCCCCCCC)CCC(n2cnc3c(N)nc(F)nc32)O1. The molecule has 2 aromatic heterocycles. The smallest absolute Gasteiger partial charge is 0.312 e. The molecule has 3 rings (SSSR count). The second-order valence-electron chi connectivity index (χ2n) is 11.1. The number of aromatic nitrogens is 4. The van der Waals surface area contributed by atoms with E-state index in [0.29, 0.717) is 25.9 Å². The molecule has 2 atom stereocenters. The number of esters is 2. The fourth-order valence-corrected chi connectivity index (χ4v) is 5.15. The van der Waals surface area contributed by atoms with Gasteiger partial charge in [0.05, 0.1) is 12.9 Å². The Hall–Kier alpha value is -3.26. The Kier molecular flexibility index (Phi) is 14.0. The maximum atomic E-state index is 13.7. The van der Waals surface area contributed by atoms with Crippen LogP contribution in [0.15, 0.2) is 6.33 Å². The first kappa shape index (κ1) is 33.2. The van der Waals surface area contributed by atoms with Crippen LogP contribution in [-0.2, 0) is 23.8 Å². The molecule has 10 nitrogen and oxygen atoms in total. The fraction of sp³-hybridized carbons (Fsp3) is 0.710. The molecule has 2 N–H and O–H groups in total. The van der Waals surface area contributed by atoms with Crippen LogP contribution in [0.2, 0.25) is 0 Å². The van der Waals surface area contributed by atoms with Crippen LogP contribution in [0.1, 0.15) is 122 Å². The van der Waals surface area contributed by atoms with Crippen LogP contribution in [0.5, 0.6) is 0 Å². The molecule has 1 aliphatic rings. The van der Waals surface area contributed by atoms with Crippen LogP contribution in [0.25, 0.3) is 11.2 Å². The van der Waals surface area contributed by atoms with E-state index in [1.165, 1.54) is 70.5 Å². The first-order valence-electron chi connectivity index (χ1n) is 15.5. The summed E-state index contributed by atoms with van der Waals surface area (Å²) in [7, 11) is 0. The van der Waals surface area contributed by atoms with Gasteiger partial charge in [-0.3, -0.25) is 14.2 Å². The van der Waals surface area contributed by atoms with Crippen molar-refractivity contribution < 1.29 is 28.2 Å². The number of nitrogen functional groups attached to an aromatic ring is 1. The van der Waals surface area contributed by atoms with Crippen LogP contribution in [-0.4, -0.2) is 50.3 Å². The number of anilines is 1. The van der Waals surface area contributed by atoms with Crippen LogP contribution in [0.3, 0.4) is 0 Å². The molecular formula is C31H46FN5O5. The van der Waals surface area contributed by atoms with Gasteiger partial charge in [-0.1, -0.05) is 83.5 Å². The Morgan fingerprint density at radius 1 is 1.02 bits per heavy atom. The van der Waals surface area contributed by atoms with E-state index in [-0.39, 0.29) is 42.4 Å². The number of unbranched alkanes of at least 4 members (excludes halogenated alkanes) is 11.